The normalized spacial score (nSPS) is 23.3. The van der Waals surface area contributed by atoms with Crippen molar-refractivity contribution < 1.29 is 9.53 Å². The van der Waals surface area contributed by atoms with Gasteiger partial charge in [-0.2, -0.15) is 0 Å². The Labute approximate surface area is 117 Å². The molecule has 1 atom stereocenters. The molecule has 1 amide bonds. The third kappa shape index (κ3) is 5.39. The van der Waals surface area contributed by atoms with Gasteiger partial charge >= 0.3 is 6.09 Å². The van der Waals surface area contributed by atoms with Crippen molar-refractivity contribution in [1.82, 2.24) is 10.2 Å². The highest BCUT2D eigenvalue weighted by Crippen LogP contribution is 2.33. The standard InChI is InChI=1S/C15H30N2O2/c1-14(2,3)19-13(18)17-11-15(4,5)9-7-12(17)8-10-16-6/h12,16H,7-11H2,1-6H3. The largest absolute Gasteiger partial charge is 0.444 e. The number of carbonyl (C=O) groups is 1. The number of ether oxygens (including phenoxy) is 1. The summed E-state index contributed by atoms with van der Waals surface area (Å²) in [6.07, 6.45) is 3.06. The topological polar surface area (TPSA) is 41.6 Å². The molecule has 1 aliphatic heterocycles. The van der Waals surface area contributed by atoms with Gasteiger partial charge in [0.05, 0.1) is 0 Å². The summed E-state index contributed by atoms with van der Waals surface area (Å²) in [4.78, 5) is 14.3. The highest BCUT2D eigenvalue weighted by Gasteiger charge is 2.37. The lowest BCUT2D eigenvalue weighted by Gasteiger charge is -2.44. The molecule has 0 radical (unpaired) electrons. The van der Waals surface area contributed by atoms with E-state index in [2.05, 4.69) is 19.2 Å². The molecule has 1 aliphatic rings. The molecule has 0 aromatic rings. The molecule has 19 heavy (non-hydrogen) atoms. The van der Waals surface area contributed by atoms with Gasteiger partial charge in [-0.25, -0.2) is 4.79 Å². The number of hydrogen-bond donors (Lipinski definition) is 1. The number of rotatable bonds is 3. The fourth-order valence-electron chi connectivity index (χ4n) is 2.53. The zero-order valence-corrected chi connectivity index (χ0v) is 13.4. The number of hydrogen-bond acceptors (Lipinski definition) is 3. The van der Waals surface area contributed by atoms with Gasteiger partial charge in [-0.15, -0.1) is 0 Å². The molecule has 0 aromatic carbocycles. The van der Waals surface area contributed by atoms with Crippen LogP contribution in [0.1, 0.15) is 53.9 Å². The SMILES string of the molecule is CNCCC1CCC(C)(C)CN1C(=O)OC(C)(C)C. The van der Waals surface area contributed by atoms with Crippen LogP contribution in [0, 0.1) is 5.41 Å². The van der Waals surface area contributed by atoms with Crippen LogP contribution in [0.4, 0.5) is 4.79 Å². The second-order valence-corrected chi connectivity index (χ2v) is 7.36. The Morgan fingerprint density at radius 1 is 1.42 bits per heavy atom. The molecule has 1 N–H and O–H groups in total. The molecule has 4 heteroatoms. The van der Waals surface area contributed by atoms with E-state index in [1.165, 1.54) is 6.42 Å². The highest BCUT2D eigenvalue weighted by atomic mass is 16.6. The van der Waals surface area contributed by atoms with Crippen LogP contribution in [0.3, 0.4) is 0 Å². The molecule has 1 rings (SSSR count). The molecular weight excluding hydrogens is 240 g/mol. The molecule has 112 valence electrons. The lowest BCUT2D eigenvalue weighted by Crippen LogP contribution is -2.51. The Balaban J connectivity index is 2.73. The second kappa shape index (κ2) is 6.12. The van der Waals surface area contributed by atoms with Crippen molar-refractivity contribution in [3.05, 3.63) is 0 Å². The summed E-state index contributed by atoms with van der Waals surface area (Å²) >= 11 is 0. The Bertz CT molecular complexity index is 308. The summed E-state index contributed by atoms with van der Waals surface area (Å²) in [7, 11) is 1.95. The molecule has 0 aromatic heterocycles. The van der Waals surface area contributed by atoms with Crippen LogP contribution in [-0.4, -0.2) is 42.8 Å². The maximum absolute atomic E-state index is 12.4. The zero-order chi connectivity index (χ0) is 14.7. The van der Waals surface area contributed by atoms with Crippen molar-refractivity contribution in [2.45, 2.75) is 65.5 Å². The average molecular weight is 270 g/mol. The predicted octanol–water partition coefficient (Wildman–Crippen LogP) is 3.02. The van der Waals surface area contributed by atoms with Gasteiger partial charge in [-0.05, 0) is 59.0 Å². The number of amides is 1. The fourth-order valence-corrected chi connectivity index (χ4v) is 2.53. The van der Waals surface area contributed by atoms with Crippen molar-refractivity contribution in [3.63, 3.8) is 0 Å². The molecule has 0 saturated carbocycles. The monoisotopic (exact) mass is 270 g/mol. The number of likely N-dealkylation sites (tertiary alicyclic amines) is 1. The third-order valence-corrected chi connectivity index (χ3v) is 3.55. The van der Waals surface area contributed by atoms with Crippen LogP contribution in [0.2, 0.25) is 0 Å². The first-order valence-corrected chi connectivity index (χ1v) is 7.29. The number of carbonyl (C=O) groups excluding carboxylic acids is 1. The molecule has 1 unspecified atom stereocenters. The Morgan fingerprint density at radius 3 is 2.58 bits per heavy atom. The average Bonchev–Trinajstić information content (AvgIpc) is 2.24. The third-order valence-electron chi connectivity index (χ3n) is 3.55. The molecule has 0 spiro atoms. The first-order chi connectivity index (χ1) is 8.64. The van der Waals surface area contributed by atoms with Gasteiger partial charge in [0.25, 0.3) is 0 Å². The van der Waals surface area contributed by atoms with Gasteiger partial charge in [0.2, 0.25) is 0 Å². The van der Waals surface area contributed by atoms with Crippen LogP contribution in [-0.2, 0) is 4.74 Å². The molecule has 0 aliphatic carbocycles. The summed E-state index contributed by atoms with van der Waals surface area (Å²) in [5.74, 6) is 0. The van der Waals surface area contributed by atoms with Crippen LogP contribution in [0.5, 0.6) is 0 Å². The van der Waals surface area contributed by atoms with E-state index in [0.29, 0.717) is 6.04 Å². The molecule has 1 fully saturated rings. The van der Waals surface area contributed by atoms with Crippen molar-refractivity contribution in [2.24, 2.45) is 5.41 Å². The van der Waals surface area contributed by atoms with E-state index >= 15 is 0 Å². The Hall–Kier alpha value is -0.770. The van der Waals surface area contributed by atoms with Gasteiger partial charge in [-0.1, -0.05) is 13.8 Å². The van der Waals surface area contributed by atoms with E-state index in [1.54, 1.807) is 0 Å². The van der Waals surface area contributed by atoms with Crippen LogP contribution in [0.25, 0.3) is 0 Å². The van der Waals surface area contributed by atoms with Crippen molar-refractivity contribution in [2.75, 3.05) is 20.1 Å². The van der Waals surface area contributed by atoms with Gasteiger partial charge in [-0.3, -0.25) is 0 Å². The van der Waals surface area contributed by atoms with E-state index < -0.39 is 5.60 Å². The number of piperidine rings is 1. The second-order valence-electron chi connectivity index (χ2n) is 7.36. The molecular formula is C15H30N2O2. The maximum Gasteiger partial charge on any atom is 0.410 e. The van der Waals surface area contributed by atoms with E-state index in [1.807, 2.05) is 32.7 Å². The van der Waals surface area contributed by atoms with Gasteiger partial charge < -0.3 is 15.0 Å². The fraction of sp³-hybridized carbons (Fsp3) is 0.933. The minimum Gasteiger partial charge on any atom is -0.444 e. The van der Waals surface area contributed by atoms with Crippen LogP contribution in [0.15, 0.2) is 0 Å². The summed E-state index contributed by atoms with van der Waals surface area (Å²) in [5, 5.41) is 3.16. The molecule has 1 saturated heterocycles. The first kappa shape index (κ1) is 16.3. The molecule has 0 bridgehead atoms. The molecule has 4 nitrogen and oxygen atoms in total. The minimum absolute atomic E-state index is 0.165. The van der Waals surface area contributed by atoms with E-state index in [9.17, 15) is 4.79 Å². The van der Waals surface area contributed by atoms with E-state index in [4.69, 9.17) is 4.74 Å². The Kier molecular flexibility index (Phi) is 5.25. The quantitative estimate of drug-likeness (QED) is 0.857. The smallest absolute Gasteiger partial charge is 0.410 e. The van der Waals surface area contributed by atoms with Crippen molar-refractivity contribution in [3.8, 4) is 0 Å². The first-order valence-electron chi connectivity index (χ1n) is 7.29. The summed E-state index contributed by atoms with van der Waals surface area (Å²) in [6.45, 7) is 11.9. The zero-order valence-electron chi connectivity index (χ0n) is 13.4. The number of nitrogens with zero attached hydrogens (tertiary/aromatic N) is 1. The Morgan fingerprint density at radius 2 is 2.05 bits per heavy atom. The van der Waals surface area contributed by atoms with E-state index in [0.717, 1.165) is 25.9 Å². The van der Waals surface area contributed by atoms with Crippen LogP contribution >= 0.6 is 0 Å². The van der Waals surface area contributed by atoms with Gasteiger partial charge in [0.15, 0.2) is 0 Å². The lowest BCUT2D eigenvalue weighted by molar-refractivity contribution is -0.00853. The van der Waals surface area contributed by atoms with E-state index in [-0.39, 0.29) is 11.5 Å². The van der Waals surface area contributed by atoms with Crippen molar-refractivity contribution in [1.29, 1.82) is 0 Å². The number of nitrogens with one attached hydrogen (secondary N) is 1. The van der Waals surface area contributed by atoms with Crippen molar-refractivity contribution >= 4 is 6.09 Å². The predicted molar refractivity (Wildman–Crippen MR) is 78.3 cm³/mol. The lowest BCUT2D eigenvalue weighted by atomic mass is 9.80. The molecule has 1 heterocycles. The minimum atomic E-state index is -0.424. The maximum atomic E-state index is 12.4. The summed E-state index contributed by atoms with van der Waals surface area (Å²) in [5.41, 5.74) is -0.237. The van der Waals surface area contributed by atoms with Crippen LogP contribution < -0.4 is 5.32 Å². The summed E-state index contributed by atoms with van der Waals surface area (Å²) < 4.78 is 5.55. The highest BCUT2D eigenvalue weighted by molar-refractivity contribution is 5.68. The summed E-state index contributed by atoms with van der Waals surface area (Å²) in [6, 6.07) is 0.301. The van der Waals surface area contributed by atoms with Gasteiger partial charge in [0.1, 0.15) is 5.60 Å². The van der Waals surface area contributed by atoms with Gasteiger partial charge in [0, 0.05) is 12.6 Å².